The van der Waals surface area contributed by atoms with Gasteiger partial charge in [-0.15, -0.1) is 5.10 Å². The van der Waals surface area contributed by atoms with Gasteiger partial charge in [0.2, 0.25) is 0 Å². The lowest BCUT2D eigenvalue weighted by Crippen LogP contribution is -2.31. The molecule has 3 aromatic heterocycles. The molecular formula is C11H11N7O3. The lowest BCUT2D eigenvalue weighted by Gasteiger charge is -2.03. The van der Waals surface area contributed by atoms with Gasteiger partial charge in [-0.05, 0) is 6.07 Å². The minimum Gasteiger partial charge on any atom is -0.459 e. The van der Waals surface area contributed by atoms with E-state index in [-0.39, 0.29) is 17.9 Å². The summed E-state index contributed by atoms with van der Waals surface area (Å²) in [6, 6.07) is 1.56. The molecule has 10 nitrogen and oxygen atoms in total. The third-order valence-electron chi connectivity index (χ3n) is 3.02. The molecule has 0 fully saturated rings. The van der Waals surface area contributed by atoms with Crippen molar-refractivity contribution in [2.45, 2.75) is 6.54 Å². The van der Waals surface area contributed by atoms with E-state index in [4.69, 9.17) is 10.3 Å². The molecule has 3 N–H and O–H groups in total. The Hall–Kier alpha value is -3.01. The van der Waals surface area contributed by atoms with Gasteiger partial charge < -0.3 is 4.42 Å². The fraction of sp³-hybridized carbons (Fsp3) is 0.182. The number of carbonyl (C=O) groups is 1. The van der Waals surface area contributed by atoms with Crippen molar-refractivity contribution in [1.82, 2.24) is 30.2 Å². The van der Waals surface area contributed by atoms with Gasteiger partial charge in [-0.3, -0.25) is 15.0 Å². The highest BCUT2D eigenvalue weighted by atomic mass is 16.3. The Balaban J connectivity index is 2.03. The van der Waals surface area contributed by atoms with E-state index < -0.39 is 5.91 Å². The summed E-state index contributed by atoms with van der Waals surface area (Å²) in [5.74, 6) is 4.51. The molecule has 0 radical (unpaired) electrons. The van der Waals surface area contributed by atoms with Gasteiger partial charge >= 0.3 is 5.91 Å². The third-order valence-corrected chi connectivity index (χ3v) is 3.02. The third kappa shape index (κ3) is 2.07. The van der Waals surface area contributed by atoms with Crippen LogP contribution in [0.1, 0.15) is 16.1 Å². The van der Waals surface area contributed by atoms with Crippen LogP contribution in [0, 0.1) is 0 Å². The van der Waals surface area contributed by atoms with Crippen LogP contribution < -0.4 is 16.8 Å². The summed E-state index contributed by atoms with van der Waals surface area (Å²) in [7, 11) is 1.67. The van der Waals surface area contributed by atoms with Crippen LogP contribution in [-0.2, 0) is 13.6 Å². The maximum Gasteiger partial charge on any atom is 0.301 e. The average molecular weight is 289 g/mol. The largest absolute Gasteiger partial charge is 0.459 e. The van der Waals surface area contributed by atoms with Gasteiger partial charge in [-0.1, -0.05) is 5.21 Å². The second kappa shape index (κ2) is 4.83. The van der Waals surface area contributed by atoms with Crippen LogP contribution in [0.5, 0.6) is 0 Å². The van der Waals surface area contributed by atoms with E-state index in [1.54, 1.807) is 13.1 Å². The maximum absolute atomic E-state index is 12.3. The number of hydrogen-bond acceptors (Lipinski definition) is 7. The standard InChI is InChI=1S/C11H11N7O3/c1-17-9-7(4-13-17)11(20)18(16-15-9)5-6-2-3-21-8(6)10(19)14-12/h2-4H,5,12H2,1H3,(H,14,19). The monoisotopic (exact) mass is 289 g/mol. The minimum absolute atomic E-state index is 0.0254. The number of hydrazine groups is 1. The van der Waals surface area contributed by atoms with Gasteiger partial charge in [0, 0.05) is 12.6 Å². The van der Waals surface area contributed by atoms with Crippen molar-refractivity contribution in [3.05, 3.63) is 40.2 Å². The Morgan fingerprint density at radius 3 is 3.10 bits per heavy atom. The number of nitrogens with two attached hydrogens (primary N) is 1. The lowest BCUT2D eigenvalue weighted by molar-refractivity contribution is 0.0924. The number of nitrogens with zero attached hydrogens (tertiary/aromatic N) is 5. The molecule has 0 aliphatic rings. The number of aryl methyl sites for hydroxylation is 1. The number of carbonyl (C=O) groups excluding carboxylic acids is 1. The molecule has 3 aromatic rings. The molecule has 0 saturated heterocycles. The Morgan fingerprint density at radius 1 is 1.52 bits per heavy atom. The molecule has 0 aliphatic heterocycles. The zero-order valence-corrected chi connectivity index (χ0v) is 11.0. The number of furan rings is 1. The molecule has 0 spiro atoms. The van der Waals surface area contributed by atoms with E-state index in [0.29, 0.717) is 16.6 Å². The molecule has 10 heteroatoms. The van der Waals surface area contributed by atoms with Crippen LogP contribution in [0.25, 0.3) is 11.0 Å². The first-order valence-electron chi connectivity index (χ1n) is 5.94. The van der Waals surface area contributed by atoms with Crippen LogP contribution in [0.2, 0.25) is 0 Å². The number of fused-ring (bicyclic) bond motifs is 1. The van der Waals surface area contributed by atoms with E-state index in [9.17, 15) is 9.59 Å². The first-order chi connectivity index (χ1) is 10.1. The summed E-state index contributed by atoms with van der Waals surface area (Å²) in [6.45, 7) is 0.0376. The number of amides is 1. The fourth-order valence-electron chi connectivity index (χ4n) is 1.97. The van der Waals surface area contributed by atoms with E-state index in [2.05, 4.69) is 15.4 Å². The molecule has 108 valence electrons. The molecule has 0 bridgehead atoms. The van der Waals surface area contributed by atoms with Crippen LogP contribution in [0.3, 0.4) is 0 Å². The summed E-state index contributed by atoms with van der Waals surface area (Å²) < 4.78 is 7.63. The topological polar surface area (TPSA) is 134 Å². The molecular weight excluding hydrogens is 278 g/mol. The molecule has 0 saturated carbocycles. The quantitative estimate of drug-likeness (QED) is 0.350. The van der Waals surface area contributed by atoms with Gasteiger partial charge in [0.15, 0.2) is 11.4 Å². The van der Waals surface area contributed by atoms with Crippen LogP contribution in [-0.4, -0.2) is 30.7 Å². The molecule has 0 aromatic carbocycles. The molecule has 0 unspecified atom stereocenters. The van der Waals surface area contributed by atoms with Crippen molar-refractivity contribution < 1.29 is 9.21 Å². The second-order valence-corrected chi connectivity index (χ2v) is 4.31. The smallest absolute Gasteiger partial charge is 0.301 e. The summed E-state index contributed by atoms with van der Waals surface area (Å²) in [5, 5.41) is 12.1. The zero-order chi connectivity index (χ0) is 15.0. The van der Waals surface area contributed by atoms with Gasteiger partial charge in [0.05, 0.1) is 19.0 Å². The number of nitrogens with one attached hydrogen (secondary N) is 1. The van der Waals surface area contributed by atoms with Crippen LogP contribution >= 0.6 is 0 Å². The Kier molecular flexibility index (Phi) is 2.99. The lowest BCUT2D eigenvalue weighted by atomic mass is 10.2. The predicted octanol–water partition coefficient (Wildman–Crippen LogP) is -1.23. The van der Waals surface area contributed by atoms with E-state index in [0.717, 1.165) is 4.68 Å². The summed E-state index contributed by atoms with van der Waals surface area (Å²) >= 11 is 0. The number of aromatic nitrogens is 5. The Bertz CT molecular complexity index is 875. The Morgan fingerprint density at radius 2 is 2.33 bits per heavy atom. The van der Waals surface area contributed by atoms with E-state index >= 15 is 0 Å². The second-order valence-electron chi connectivity index (χ2n) is 4.31. The highest BCUT2D eigenvalue weighted by molar-refractivity contribution is 5.92. The number of hydrogen-bond donors (Lipinski definition) is 2. The summed E-state index contributed by atoms with van der Waals surface area (Å²) in [5.41, 5.74) is 2.48. The SMILES string of the molecule is Cn1ncc2c(=O)n(Cc3ccoc3C(=O)NN)nnc21. The highest BCUT2D eigenvalue weighted by Gasteiger charge is 2.17. The van der Waals surface area contributed by atoms with Crippen molar-refractivity contribution in [1.29, 1.82) is 0 Å². The van der Waals surface area contributed by atoms with Crippen molar-refractivity contribution >= 4 is 16.9 Å². The molecule has 1 amide bonds. The summed E-state index contributed by atoms with van der Waals surface area (Å²) in [4.78, 5) is 23.8. The number of nitrogen functional groups attached to an aromatic ring is 1. The van der Waals surface area contributed by atoms with E-state index in [1.807, 2.05) is 5.43 Å². The zero-order valence-electron chi connectivity index (χ0n) is 11.0. The molecule has 0 aliphatic carbocycles. The predicted molar refractivity (Wildman–Crippen MR) is 70.0 cm³/mol. The van der Waals surface area contributed by atoms with Crippen LogP contribution in [0.15, 0.2) is 27.7 Å². The summed E-state index contributed by atoms with van der Waals surface area (Å²) in [6.07, 6.45) is 2.76. The van der Waals surface area contributed by atoms with Gasteiger partial charge in [0.1, 0.15) is 5.39 Å². The van der Waals surface area contributed by atoms with Crippen molar-refractivity contribution in [3.8, 4) is 0 Å². The molecule has 3 rings (SSSR count). The van der Waals surface area contributed by atoms with Crippen LogP contribution in [0.4, 0.5) is 0 Å². The fourth-order valence-corrected chi connectivity index (χ4v) is 1.97. The van der Waals surface area contributed by atoms with Gasteiger partial charge in [-0.25, -0.2) is 15.2 Å². The van der Waals surface area contributed by atoms with E-state index in [1.165, 1.54) is 17.1 Å². The molecule has 0 atom stereocenters. The Labute approximate surface area is 117 Å². The normalized spacial score (nSPS) is 11.0. The maximum atomic E-state index is 12.3. The van der Waals surface area contributed by atoms with Crippen molar-refractivity contribution in [2.24, 2.45) is 12.9 Å². The average Bonchev–Trinajstić information content (AvgIpc) is 3.09. The number of rotatable bonds is 3. The van der Waals surface area contributed by atoms with Gasteiger partial charge in [-0.2, -0.15) is 5.10 Å². The molecule has 3 heterocycles. The van der Waals surface area contributed by atoms with Gasteiger partial charge in [0.25, 0.3) is 5.56 Å². The van der Waals surface area contributed by atoms with Crippen molar-refractivity contribution in [3.63, 3.8) is 0 Å². The van der Waals surface area contributed by atoms with Crippen molar-refractivity contribution in [2.75, 3.05) is 0 Å². The first kappa shape index (κ1) is 13.0. The molecule has 21 heavy (non-hydrogen) atoms. The highest BCUT2D eigenvalue weighted by Crippen LogP contribution is 2.11. The minimum atomic E-state index is -0.585. The first-order valence-corrected chi connectivity index (χ1v) is 5.94.